The van der Waals surface area contributed by atoms with Gasteiger partial charge in [0.25, 0.3) is 0 Å². The minimum absolute atomic E-state index is 0.0950. The molecular formula is C26H27FN2O2. The van der Waals surface area contributed by atoms with Crippen molar-refractivity contribution in [1.29, 1.82) is 0 Å². The van der Waals surface area contributed by atoms with Crippen LogP contribution in [0.5, 0.6) is 0 Å². The zero-order chi connectivity index (χ0) is 22.1. The highest BCUT2D eigenvalue weighted by atomic mass is 19.1. The average Bonchev–Trinajstić information content (AvgIpc) is 2.79. The first-order valence-corrected chi connectivity index (χ1v) is 10.5. The third-order valence-electron chi connectivity index (χ3n) is 5.09. The number of nitrogens with zero attached hydrogens (tertiary/aromatic N) is 1. The molecule has 0 saturated carbocycles. The number of halogens is 1. The molecule has 0 aromatic heterocycles. The normalized spacial score (nSPS) is 11.5. The zero-order valence-electron chi connectivity index (χ0n) is 17.6. The Morgan fingerprint density at radius 3 is 2.00 bits per heavy atom. The molecule has 0 spiro atoms. The number of amides is 2. The molecule has 0 fully saturated rings. The number of benzene rings is 3. The van der Waals surface area contributed by atoms with Crippen molar-refractivity contribution in [2.24, 2.45) is 0 Å². The van der Waals surface area contributed by atoms with Gasteiger partial charge in [0.15, 0.2) is 0 Å². The van der Waals surface area contributed by atoms with Gasteiger partial charge < -0.3 is 10.2 Å². The SMILES string of the molecule is CCNC(=O)[C@H](Cc1ccccc1)N(Cc1ccccc1)C(=O)Cc1ccc(F)cc1. The Labute approximate surface area is 182 Å². The number of carbonyl (C=O) groups excluding carboxylic acids is 2. The van der Waals surface area contributed by atoms with Gasteiger partial charge in [0.05, 0.1) is 6.42 Å². The molecular weight excluding hydrogens is 391 g/mol. The molecule has 0 radical (unpaired) electrons. The summed E-state index contributed by atoms with van der Waals surface area (Å²) in [6.07, 6.45) is 0.506. The van der Waals surface area contributed by atoms with Gasteiger partial charge in [-0.25, -0.2) is 4.39 Å². The van der Waals surface area contributed by atoms with Crippen LogP contribution in [0.2, 0.25) is 0 Å². The van der Waals surface area contributed by atoms with Gasteiger partial charge >= 0.3 is 0 Å². The molecule has 1 N–H and O–H groups in total. The van der Waals surface area contributed by atoms with Crippen LogP contribution in [0.15, 0.2) is 84.9 Å². The number of hydrogen-bond acceptors (Lipinski definition) is 2. The molecule has 0 saturated heterocycles. The molecule has 0 aliphatic carbocycles. The van der Waals surface area contributed by atoms with Crippen LogP contribution >= 0.6 is 0 Å². The first-order chi connectivity index (χ1) is 15.1. The number of carbonyl (C=O) groups is 2. The molecule has 4 nitrogen and oxygen atoms in total. The van der Waals surface area contributed by atoms with Crippen molar-refractivity contribution in [1.82, 2.24) is 10.2 Å². The van der Waals surface area contributed by atoms with Crippen LogP contribution in [0.25, 0.3) is 0 Å². The molecule has 3 rings (SSSR count). The van der Waals surface area contributed by atoms with Crippen LogP contribution in [0.1, 0.15) is 23.6 Å². The van der Waals surface area contributed by atoms with Gasteiger partial charge in [-0.3, -0.25) is 9.59 Å². The molecule has 5 heteroatoms. The molecule has 1 atom stereocenters. The summed E-state index contributed by atoms with van der Waals surface area (Å²) in [4.78, 5) is 28.1. The third kappa shape index (κ3) is 6.51. The molecule has 3 aromatic rings. The Balaban J connectivity index is 1.92. The van der Waals surface area contributed by atoms with Crippen molar-refractivity contribution >= 4 is 11.8 Å². The molecule has 2 amide bonds. The predicted molar refractivity (Wildman–Crippen MR) is 120 cm³/mol. The van der Waals surface area contributed by atoms with Gasteiger partial charge in [-0.15, -0.1) is 0 Å². The van der Waals surface area contributed by atoms with E-state index in [-0.39, 0.29) is 24.1 Å². The number of likely N-dealkylation sites (N-methyl/N-ethyl adjacent to an activating group) is 1. The highest BCUT2D eigenvalue weighted by Crippen LogP contribution is 2.17. The van der Waals surface area contributed by atoms with Crippen LogP contribution in [0.3, 0.4) is 0 Å². The van der Waals surface area contributed by atoms with Crippen LogP contribution in [-0.4, -0.2) is 29.3 Å². The highest BCUT2D eigenvalue weighted by molar-refractivity contribution is 5.88. The summed E-state index contributed by atoms with van der Waals surface area (Å²) in [6.45, 7) is 2.66. The van der Waals surface area contributed by atoms with E-state index >= 15 is 0 Å². The first kappa shape index (κ1) is 22.2. The molecule has 0 aliphatic rings. The molecule has 160 valence electrons. The van der Waals surface area contributed by atoms with Gasteiger partial charge in [0.2, 0.25) is 11.8 Å². The van der Waals surface area contributed by atoms with E-state index in [2.05, 4.69) is 5.32 Å². The summed E-state index contributed by atoms with van der Waals surface area (Å²) in [5, 5.41) is 2.88. The monoisotopic (exact) mass is 418 g/mol. The van der Waals surface area contributed by atoms with Crippen LogP contribution < -0.4 is 5.32 Å². The lowest BCUT2D eigenvalue weighted by atomic mass is 10.0. The van der Waals surface area contributed by atoms with E-state index in [0.717, 1.165) is 11.1 Å². The van der Waals surface area contributed by atoms with E-state index in [4.69, 9.17) is 0 Å². The minimum Gasteiger partial charge on any atom is -0.355 e. The molecule has 31 heavy (non-hydrogen) atoms. The van der Waals surface area contributed by atoms with Gasteiger partial charge in [0, 0.05) is 19.5 Å². The molecule has 3 aromatic carbocycles. The molecule has 0 bridgehead atoms. The summed E-state index contributed by atoms with van der Waals surface area (Å²) in [6, 6.07) is 24.5. The Morgan fingerprint density at radius 1 is 0.839 bits per heavy atom. The Kier molecular flexibility index (Phi) is 7.93. The van der Waals surface area contributed by atoms with Crippen molar-refractivity contribution in [3.63, 3.8) is 0 Å². The van der Waals surface area contributed by atoms with Gasteiger partial charge in [-0.2, -0.15) is 0 Å². The predicted octanol–water partition coefficient (Wildman–Crippen LogP) is 4.14. The van der Waals surface area contributed by atoms with Crippen LogP contribution in [0.4, 0.5) is 4.39 Å². The van der Waals surface area contributed by atoms with Crippen molar-refractivity contribution in [2.75, 3.05) is 6.54 Å². The second-order valence-electron chi connectivity index (χ2n) is 7.41. The fourth-order valence-electron chi connectivity index (χ4n) is 3.50. The maximum Gasteiger partial charge on any atom is 0.243 e. The standard InChI is InChI=1S/C26H27FN2O2/c1-2-28-26(31)24(17-20-9-5-3-6-10-20)29(19-22-11-7-4-8-12-22)25(30)18-21-13-15-23(27)16-14-21/h3-16,24H,2,17-19H2,1H3,(H,28,31)/t24-/m0/s1. The van der Waals surface area contributed by atoms with Gasteiger partial charge in [-0.05, 0) is 35.7 Å². The maximum absolute atomic E-state index is 13.4. The lowest BCUT2D eigenvalue weighted by molar-refractivity contribution is -0.140. The molecule has 0 aliphatic heterocycles. The number of rotatable bonds is 9. The third-order valence-corrected chi connectivity index (χ3v) is 5.09. The Bertz CT molecular complexity index is 975. The van der Waals surface area contributed by atoms with Crippen molar-refractivity contribution in [3.8, 4) is 0 Å². The van der Waals surface area contributed by atoms with E-state index < -0.39 is 6.04 Å². The molecule has 0 unspecified atom stereocenters. The second kappa shape index (κ2) is 11.1. The fraction of sp³-hybridized carbons (Fsp3) is 0.231. The van der Waals surface area contributed by atoms with E-state index in [1.54, 1.807) is 17.0 Å². The Hall–Kier alpha value is -3.47. The van der Waals surface area contributed by atoms with E-state index in [0.29, 0.717) is 25.1 Å². The maximum atomic E-state index is 13.4. The van der Waals surface area contributed by atoms with Crippen LogP contribution in [0, 0.1) is 5.82 Å². The lowest BCUT2D eigenvalue weighted by Crippen LogP contribution is -2.50. The summed E-state index contributed by atoms with van der Waals surface area (Å²) in [7, 11) is 0. The number of nitrogens with one attached hydrogen (secondary N) is 1. The minimum atomic E-state index is -0.657. The summed E-state index contributed by atoms with van der Waals surface area (Å²) < 4.78 is 13.3. The van der Waals surface area contributed by atoms with Crippen molar-refractivity contribution in [3.05, 3.63) is 107 Å². The average molecular weight is 419 g/mol. The van der Waals surface area contributed by atoms with E-state index in [9.17, 15) is 14.0 Å². The highest BCUT2D eigenvalue weighted by Gasteiger charge is 2.30. The van der Waals surface area contributed by atoms with Gasteiger partial charge in [-0.1, -0.05) is 72.8 Å². The smallest absolute Gasteiger partial charge is 0.243 e. The summed E-state index contributed by atoms with van der Waals surface area (Å²) in [5.74, 6) is -0.709. The Morgan fingerprint density at radius 2 is 1.42 bits per heavy atom. The first-order valence-electron chi connectivity index (χ1n) is 10.5. The van der Waals surface area contributed by atoms with Crippen molar-refractivity contribution < 1.29 is 14.0 Å². The van der Waals surface area contributed by atoms with E-state index in [1.165, 1.54) is 12.1 Å². The largest absolute Gasteiger partial charge is 0.355 e. The quantitative estimate of drug-likeness (QED) is 0.568. The fourth-order valence-corrected chi connectivity index (χ4v) is 3.50. The molecule has 0 heterocycles. The lowest BCUT2D eigenvalue weighted by Gasteiger charge is -2.31. The van der Waals surface area contributed by atoms with E-state index in [1.807, 2.05) is 67.6 Å². The summed E-state index contributed by atoms with van der Waals surface area (Å²) in [5.41, 5.74) is 2.63. The second-order valence-corrected chi connectivity index (χ2v) is 7.41. The van der Waals surface area contributed by atoms with Gasteiger partial charge in [0.1, 0.15) is 11.9 Å². The topological polar surface area (TPSA) is 49.4 Å². The number of hydrogen-bond donors (Lipinski definition) is 1. The van der Waals surface area contributed by atoms with Crippen LogP contribution in [-0.2, 0) is 29.0 Å². The van der Waals surface area contributed by atoms with Crippen molar-refractivity contribution in [2.45, 2.75) is 32.4 Å². The zero-order valence-corrected chi connectivity index (χ0v) is 17.6. The summed E-state index contributed by atoms with van der Waals surface area (Å²) >= 11 is 0.